The summed E-state index contributed by atoms with van der Waals surface area (Å²) < 4.78 is 14.9. The highest BCUT2D eigenvalue weighted by Crippen LogP contribution is 2.13. The van der Waals surface area contributed by atoms with Gasteiger partial charge < -0.3 is 5.73 Å². The Morgan fingerprint density at radius 1 is 1.47 bits per heavy atom. The Morgan fingerprint density at radius 3 is 2.82 bits per heavy atom. The smallest absolute Gasteiger partial charge is 0.123 e. The van der Waals surface area contributed by atoms with Crippen LogP contribution in [0.5, 0.6) is 0 Å². The second-order valence-corrected chi connectivity index (χ2v) is 4.26. The van der Waals surface area contributed by atoms with Crippen molar-refractivity contribution in [3.63, 3.8) is 0 Å². The maximum absolute atomic E-state index is 13.1. The Bertz CT molecular complexity index is 563. The first-order valence-corrected chi connectivity index (χ1v) is 5.55. The van der Waals surface area contributed by atoms with Gasteiger partial charge in [-0.05, 0) is 30.7 Å². The molecule has 1 aromatic heterocycles. The van der Waals surface area contributed by atoms with E-state index in [9.17, 15) is 4.39 Å². The Morgan fingerprint density at radius 2 is 2.24 bits per heavy atom. The third-order valence-corrected chi connectivity index (χ3v) is 2.66. The maximum atomic E-state index is 13.1. The summed E-state index contributed by atoms with van der Waals surface area (Å²) in [6.07, 6.45) is 1.86. The SMILES string of the molecule is Cc1ccn(Cc2ccc(F)cc2C(N)=S)n1. The molecular weight excluding hydrogens is 237 g/mol. The van der Waals surface area contributed by atoms with Crippen molar-refractivity contribution >= 4 is 17.2 Å². The van der Waals surface area contributed by atoms with Crippen molar-refractivity contribution in [2.24, 2.45) is 5.73 Å². The first-order valence-electron chi connectivity index (χ1n) is 5.14. The summed E-state index contributed by atoms with van der Waals surface area (Å²) in [6.45, 7) is 2.44. The first-order chi connectivity index (χ1) is 8.06. The minimum Gasteiger partial charge on any atom is -0.389 e. The molecule has 1 aromatic carbocycles. The van der Waals surface area contributed by atoms with E-state index in [1.54, 1.807) is 10.7 Å². The summed E-state index contributed by atoms with van der Waals surface area (Å²) in [5.41, 5.74) is 7.94. The summed E-state index contributed by atoms with van der Waals surface area (Å²) >= 11 is 4.91. The van der Waals surface area contributed by atoms with Gasteiger partial charge in [0.05, 0.1) is 12.2 Å². The lowest BCUT2D eigenvalue weighted by molar-refractivity contribution is 0.623. The van der Waals surface area contributed by atoms with Crippen molar-refractivity contribution < 1.29 is 4.39 Å². The number of nitrogens with zero attached hydrogens (tertiary/aromatic N) is 2. The minimum absolute atomic E-state index is 0.198. The fourth-order valence-electron chi connectivity index (χ4n) is 1.64. The van der Waals surface area contributed by atoms with Crippen LogP contribution in [0.3, 0.4) is 0 Å². The number of benzene rings is 1. The lowest BCUT2D eigenvalue weighted by atomic mass is 10.1. The minimum atomic E-state index is -0.340. The molecule has 2 aromatic rings. The van der Waals surface area contributed by atoms with Crippen molar-refractivity contribution in [1.29, 1.82) is 0 Å². The normalized spacial score (nSPS) is 10.5. The van der Waals surface area contributed by atoms with Gasteiger partial charge in [-0.25, -0.2) is 4.39 Å². The van der Waals surface area contributed by atoms with Crippen LogP contribution in [0.1, 0.15) is 16.8 Å². The predicted molar refractivity (Wildman–Crippen MR) is 68.4 cm³/mol. The van der Waals surface area contributed by atoms with Gasteiger partial charge in [-0.1, -0.05) is 18.3 Å². The van der Waals surface area contributed by atoms with Crippen LogP contribution in [-0.4, -0.2) is 14.8 Å². The molecule has 0 fully saturated rings. The number of aryl methyl sites for hydroxylation is 1. The fraction of sp³-hybridized carbons (Fsp3) is 0.167. The summed E-state index contributed by atoms with van der Waals surface area (Å²) in [5.74, 6) is -0.340. The lowest BCUT2D eigenvalue weighted by Gasteiger charge is -2.08. The molecule has 0 aliphatic rings. The molecule has 5 heteroatoms. The molecule has 3 nitrogen and oxygen atoms in total. The van der Waals surface area contributed by atoms with E-state index in [4.69, 9.17) is 18.0 Å². The topological polar surface area (TPSA) is 43.8 Å². The average Bonchev–Trinajstić information content (AvgIpc) is 2.66. The zero-order valence-electron chi connectivity index (χ0n) is 9.35. The second-order valence-electron chi connectivity index (χ2n) is 3.82. The van der Waals surface area contributed by atoms with Gasteiger partial charge in [-0.3, -0.25) is 4.68 Å². The van der Waals surface area contributed by atoms with Gasteiger partial charge in [0.2, 0.25) is 0 Å². The number of hydrogen-bond donors (Lipinski definition) is 1. The van der Waals surface area contributed by atoms with E-state index in [1.807, 2.05) is 19.2 Å². The molecule has 0 spiro atoms. The van der Waals surface area contributed by atoms with Crippen LogP contribution in [0.15, 0.2) is 30.5 Å². The third kappa shape index (κ3) is 2.68. The molecule has 0 saturated carbocycles. The van der Waals surface area contributed by atoms with Crippen LogP contribution in [0, 0.1) is 12.7 Å². The van der Waals surface area contributed by atoms with Gasteiger partial charge in [0, 0.05) is 11.8 Å². The van der Waals surface area contributed by atoms with Crippen molar-refractivity contribution in [1.82, 2.24) is 9.78 Å². The van der Waals surface area contributed by atoms with Gasteiger partial charge in [-0.15, -0.1) is 0 Å². The third-order valence-electron chi connectivity index (χ3n) is 2.44. The molecule has 0 saturated heterocycles. The molecule has 0 radical (unpaired) electrons. The highest BCUT2D eigenvalue weighted by molar-refractivity contribution is 7.80. The standard InChI is InChI=1S/C12H12FN3S/c1-8-4-5-16(15-8)7-9-2-3-10(13)6-11(9)12(14)17/h2-6H,7H2,1H3,(H2,14,17). The number of halogens is 1. The number of hydrogen-bond acceptors (Lipinski definition) is 2. The number of nitrogens with two attached hydrogens (primary N) is 1. The van der Waals surface area contributed by atoms with Crippen molar-refractivity contribution in [3.8, 4) is 0 Å². The van der Waals surface area contributed by atoms with Crippen LogP contribution in [0.2, 0.25) is 0 Å². The molecule has 0 aliphatic carbocycles. The number of rotatable bonds is 3. The monoisotopic (exact) mass is 249 g/mol. The quantitative estimate of drug-likeness (QED) is 0.846. The van der Waals surface area contributed by atoms with Crippen LogP contribution in [-0.2, 0) is 6.54 Å². The molecule has 88 valence electrons. The summed E-state index contributed by atoms with van der Waals surface area (Å²) in [7, 11) is 0. The number of thiocarbonyl (C=S) groups is 1. The first kappa shape index (κ1) is 11.7. The molecular formula is C12H12FN3S. The van der Waals surface area contributed by atoms with Gasteiger partial charge in [0.15, 0.2) is 0 Å². The molecule has 0 bridgehead atoms. The summed E-state index contributed by atoms with van der Waals surface area (Å²) in [6, 6.07) is 6.34. The molecule has 0 amide bonds. The predicted octanol–water partition coefficient (Wildman–Crippen LogP) is 2.01. The van der Waals surface area contributed by atoms with Gasteiger partial charge >= 0.3 is 0 Å². The van der Waals surface area contributed by atoms with Gasteiger partial charge in [0.25, 0.3) is 0 Å². The average molecular weight is 249 g/mol. The van der Waals surface area contributed by atoms with Gasteiger partial charge in [0.1, 0.15) is 10.8 Å². The van der Waals surface area contributed by atoms with Crippen LogP contribution < -0.4 is 5.73 Å². The van der Waals surface area contributed by atoms with E-state index in [0.717, 1.165) is 11.3 Å². The Hall–Kier alpha value is -1.75. The molecule has 2 rings (SSSR count). The molecule has 17 heavy (non-hydrogen) atoms. The molecule has 0 unspecified atom stereocenters. The van der Waals surface area contributed by atoms with Crippen LogP contribution >= 0.6 is 12.2 Å². The van der Waals surface area contributed by atoms with Crippen molar-refractivity contribution in [2.45, 2.75) is 13.5 Å². The highest BCUT2D eigenvalue weighted by Gasteiger charge is 2.07. The number of aromatic nitrogens is 2. The molecule has 1 heterocycles. The van der Waals surface area contributed by atoms with Crippen molar-refractivity contribution in [2.75, 3.05) is 0 Å². The summed E-state index contributed by atoms with van der Waals surface area (Å²) in [4.78, 5) is 0.198. The van der Waals surface area contributed by atoms with Crippen LogP contribution in [0.25, 0.3) is 0 Å². The molecule has 2 N–H and O–H groups in total. The second kappa shape index (κ2) is 4.63. The van der Waals surface area contributed by atoms with E-state index in [1.165, 1.54) is 12.1 Å². The lowest BCUT2D eigenvalue weighted by Crippen LogP contribution is -2.14. The van der Waals surface area contributed by atoms with E-state index in [0.29, 0.717) is 12.1 Å². The Labute approximate surface area is 104 Å². The van der Waals surface area contributed by atoms with Gasteiger partial charge in [-0.2, -0.15) is 5.10 Å². The summed E-state index contributed by atoms with van der Waals surface area (Å²) in [5, 5.41) is 4.27. The molecule has 0 atom stereocenters. The zero-order chi connectivity index (χ0) is 12.4. The molecule has 0 aliphatic heterocycles. The van der Waals surface area contributed by atoms with E-state index in [-0.39, 0.29) is 10.8 Å². The fourth-order valence-corrected chi connectivity index (χ4v) is 1.83. The maximum Gasteiger partial charge on any atom is 0.123 e. The van der Waals surface area contributed by atoms with Crippen molar-refractivity contribution in [3.05, 3.63) is 53.1 Å². The van der Waals surface area contributed by atoms with E-state index >= 15 is 0 Å². The van der Waals surface area contributed by atoms with E-state index in [2.05, 4.69) is 5.10 Å². The zero-order valence-corrected chi connectivity index (χ0v) is 10.2. The highest BCUT2D eigenvalue weighted by atomic mass is 32.1. The Kier molecular flexibility index (Phi) is 3.19. The largest absolute Gasteiger partial charge is 0.389 e. The van der Waals surface area contributed by atoms with Crippen LogP contribution in [0.4, 0.5) is 4.39 Å². The van der Waals surface area contributed by atoms with E-state index < -0.39 is 0 Å². The Balaban J connectivity index is 2.35.